The molecule has 1 aliphatic heterocycles. The van der Waals surface area contributed by atoms with E-state index >= 15 is 0 Å². The quantitative estimate of drug-likeness (QED) is 0.508. The van der Waals surface area contributed by atoms with Gasteiger partial charge in [-0.1, -0.05) is 25.4 Å². The Morgan fingerprint density at radius 3 is 2.86 bits per heavy atom. The molecule has 2 rings (SSSR count). The van der Waals surface area contributed by atoms with Crippen LogP contribution in [0.1, 0.15) is 39.5 Å². The monoisotopic (exact) mass is 313 g/mol. The molecule has 0 aromatic carbocycles. The van der Waals surface area contributed by atoms with Crippen LogP contribution in [0.5, 0.6) is 0 Å². The second-order valence-electron chi connectivity index (χ2n) is 5.33. The van der Waals surface area contributed by atoms with E-state index in [0.717, 1.165) is 25.7 Å². The van der Waals surface area contributed by atoms with Gasteiger partial charge in [0.1, 0.15) is 5.15 Å². The highest BCUT2D eigenvalue weighted by Gasteiger charge is 2.35. The van der Waals surface area contributed by atoms with Gasteiger partial charge in [-0.15, -0.1) is 0 Å². The highest BCUT2D eigenvalue weighted by molar-refractivity contribution is 6.29. The summed E-state index contributed by atoms with van der Waals surface area (Å²) in [5.74, 6) is 0.237. The molecule has 116 valence electrons. The van der Waals surface area contributed by atoms with Gasteiger partial charge in [0.15, 0.2) is 0 Å². The molecular formula is C14H20ClN3O3. The van der Waals surface area contributed by atoms with E-state index in [4.69, 9.17) is 16.3 Å². The number of aromatic nitrogens is 1. The maximum atomic E-state index is 11.1. The normalized spacial score (nSPS) is 21.0. The van der Waals surface area contributed by atoms with Crippen molar-refractivity contribution < 1.29 is 9.66 Å². The number of hydrogen-bond acceptors (Lipinski definition) is 5. The fraction of sp³-hybridized carbons (Fsp3) is 0.643. The molecule has 21 heavy (non-hydrogen) atoms. The summed E-state index contributed by atoms with van der Waals surface area (Å²) in [5, 5.41) is 14.5. The van der Waals surface area contributed by atoms with Crippen molar-refractivity contribution in [3.63, 3.8) is 0 Å². The lowest BCUT2D eigenvalue weighted by atomic mass is 9.86. The predicted molar refractivity (Wildman–Crippen MR) is 81.8 cm³/mol. The molecule has 0 spiro atoms. The second kappa shape index (κ2) is 6.58. The smallest absolute Gasteiger partial charge is 0.311 e. The summed E-state index contributed by atoms with van der Waals surface area (Å²) in [4.78, 5) is 14.7. The van der Waals surface area contributed by atoms with Gasteiger partial charge in [-0.05, 0) is 31.7 Å². The van der Waals surface area contributed by atoms with Crippen LogP contribution >= 0.6 is 11.6 Å². The van der Waals surface area contributed by atoms with Gasteiger partial charge in [0.05, 0.1) is 10.5 Å². The van der Waals surface area contributed by atoms with Gasteiger partial charge in [0.25, 0.3) is 0 Å². The van der Waals surface area contributed by atoms with Crippen molar-refractivity contribution >= 4 is 23.1 Å². The van der Waals surface area contributed by atoms with E-state index in [1.54, 1.807) is 0 Å². The largest absolute Gasteiger partial charge is 0.375 e. The Labute approximate surface area is 129 Å². The lowest BCUT2D eigenvalue weighted by molar-refractivity contribution is -0.384. The average molecular weight is 314 g/mol. The molecule has 6 nitrogen and oxygen atoms in total. The van der Waals surface area contributed by atoms with Crippen LogP contribution in [0.25, 0.3) is 0 Å². The Hall–Kier alpha value is -1.40. The number of halogens is 1. The lowest BCUT2D eigenvalue weighted by Gasteiger charge is -2.40. The number of anilines is 1. The first kappa shape index (κ1) is 16.0. The van der Waals surface area contributed by atoms with Crippen molar-refractivity contribution in [2.24, 2.45) is 0 Å². The number of hydrogen-bond donors (Lipinski definition) is 1. The summed E-state index contributed by atoms with van der Waals surface area (Å²) in [5.41, 5.74) is -0.201. The molecule has 1 unspecified atom stereocenters. The summed E-state index contributed by atoms with van der Waals surface area (Å²) in [7, 11) is 0. The third-order valence-electron chi connectivity index (χ3n) is 4.16. The first-order chi connectivity index (χ1) is 9.99. The minimum Gasteiger partial charge on any atom is -0.375 e. The van der Waals surface area contributed by atoms with Crippen LogP contribution in [0, 0.1) is 10.1 Å². The van der Waals surface area contributed by atoms with Crippen molar-refractivity contribution in [1.82, 2.24) is 4.98 Å². The molecule has 0 bridgehead atoms. The Morgan fingerprint density at radius 1 is 1.52 bits per heavy atom. The van der Waals surface area contributed by atoms with E-state index in [9.17, 15) is 10.1 Å². The molecule has 0 aliphatic carbocycles. The Morgan fingerprint density at radius 2 is 2.24 bits per heavy atom. The molecule has 1 aromatic rings. The topological polar surface area (TPSA) is 77.3 Å². The Balaban J connectivity index is 2.18. The molecule has 0 radical (unpaired) electrons. The summed E-state index contributed by atoms with van der Waals surface area (Å²) in [6, 6.07) is 2.91. The molecule has 1 atom stereocenters. The van der Waals surface area contributed by atoms with Gasteiger partial charge in [-0.3, -0.25) is 10.1 Å². The van der Waals surface area contributed by atoms with Gasteiger partial charge in [-0.2, -0.15) is 0 Å². The molecule has 1 saturated heterocycles. The molecular weight excluding hydrogens is 294 g/mol. The zero-order valence-electron chi connectivity index (χ0n) is 12.3. The van der Waals surface area contributed by atoms with Gasteiger partial charge in [-0.25, -0.2) is 4.98 Å². The molecule has 0 amide bonds. The van der Waals surface area contributed by atoms with Crippen molar-refractivity contribution in [3.05, 3.63) is 27.4 Å². The highest BCUT2D eigenvalue weighted by Crippen LogP contribution is 2.34. The fourth-order valence-corrected chi connectivity index (χ4v) is 2.92. The van der Waals surface area contributed by atoms with Crippen LogP contribution in [0.15, 0.2) is 12.1 Å². The first-order valence-electron chi connectivity index (χ1n) is 7.21. The van der Waals surface area contributed by atoms with Crippen LogP contribution in [-0.4, -0.2) is 28.2 Å². The van der Waals surface area contributed by atoms with E-state index in [1.165, 1.54) is 12.1 Å². The van der Waals surface area contributed by atoms with Crippen molar-refractivity contribution in [2.45, 2.75) is 51.2 Å². The van der Waals surface area contributed by atoms with E-state index in [2.05, 4.69) is 24.1 Å². The molecule has 1 N–H and O–H groups in total. The molecule has 1 aromatic heterocycles. The Bertz CT molecular complexity index is 520. The van der Waals surface area contributed by atoms with Gasteiger partial charge in [0, 0.05) is 18.7 Å². The number of ether oxygens (including phenoxy) is 1. The van der Waals surface area contributed by atoms with E-state index in [-0.39, 0.29) is 28.3 Å². The molecule has 0 saturated carbocycles. The lowest BCUT2D eigenvalue weighted by Crippen LogP contribution is -2.43. The van der Waals surface area contributed by atoms with Gasteiger partial charge < -0.3 is 10.1 Å². The van der Waals surface area contributed by atoms with Gasteiger partial charge >= 0.3 is 5.69 Å². The Kier molecular flexibility index (Phi) is 5.00. The third-order valence-corrected chi connectivity index (χ3v) is 4.37. The standard InChI is InChI=1S/C14H20ClN3O3/c1-3-14(4-2)9-10(7-8-21-14)16-13-11(18(19)20)5-6-12(15)17-13/h5-6,10H,3-4,7-9H2,1-2H3,(H,16,17). The van der Waals surface area contributed by atoms with Crippen LogP contribution < -0.4 is 5.32 Å². The van der Waals surface area contributed by atoms with E-state index in [0.29, 0.717) is 6.61 Å². The molecule has 7 heteroatoms. The number of nitrogens with one attached hydrogen (secondary N) is 1. The summed E-state index contributed by atoms with van der Waals surface area (Å²) < 4.78 is 5.91. The fourth-order valence-electron chi connectivity index (χ4n) is 2.77. The van der Waals surface area contributed by atoms with Crippen LogP contribution in [0.3, 0.4) is 0 Å². The third kappa shape index (κ3) is 3.63. The molecule has 1 fully saturated rings. The summed E-state index contributed by atoms with van der Waals surface area (Å²) >= 11 is 5.85. The van der Waals surface area contributed by atoms with Crippen molar-refractivity contribution in [3.8, 4) is 0 Å². The highest BCUT2D eigenvalue weighted by atomic mass is 35.5. The maximum absolute atomic E-state index is 11.1. The van der Waals surface area contributed by atoms with Crippen molar-refractivity contribution in [1.29, 1.82) is 0 Å². The molecule has 1 aliphatic rings. The van der Waals surface area contributed by atoms with E-state index < -0.39 is 4.92 Å². The van der Waals surface area contributed by atoms with Crippen molar-refractivity contribution in [2.75, 3.05) is 11.9 Å². The predicted octanol–water partition coefficient (Wildman–Crippen LogP) is 3.79. The summed E-state index contributed by atoms with van der Waals surface area (Å²) in [6.45, 7) is 4.85. The average Bonchev–Trinajstić information content (AvgIpc) is 2.47. The SMILES string of the molecule is CCC1(CC)CC(Nc2nc(Cl)ccc2[N+](=O)[O-])CCO1. The zero-order chi connectivity index (χ0) is 15.5. The summed E-state index contributed by atoms with van der Waals surface area (Å²) in [6.07, 6.45) is 3.46. The van der Waals surface area contributed by atoms with Crippen LogP contribution in [0.4, 0.5) is 11.5 Å². The number of nitrogens with zero attached hydrogens (tertiary/aromatic N) is 2. The number of rotatable bonds is 5. The maximum Gasteiger partial charge on any atom is 0.311 e. The minimum atomic E-state index is -0.447. The number of pyridine rings is 1. The van der Waals surface area contributed by atoms with E-state index in [1.807, 2.05) is 0 Å². The zero-order valence-corrected chi connectivity index (χ0v) is 13.0. The molecule has 2 heterocycles. The minimum absolute atomic E-state index is 0.0514. The van der Waals surface area contributed by atoms with Crippen LogP contribution in [-0.2, 0) is 4.74 Å². The second-order valence-corrected chi connectivity index (χ2v) is 5.72. The number of nitro groups is 1. The van der Waals surface area contributed by atoms with Gasteiger partial charge in [0.2, 0.25) is 5.82 Å². The van der Waals surface area contributed by atoms with Crippen LogP contribution in [0.2, 0.25) is 5.15 Å². The first-order valence-corrected chi connectivity index (χ1v) is 7.59.